The third kappa shape index (κ3) is 6.75. The highest BCUT2D eigenvalue weighted by Crippen LogP contribution is 2.08. The molecule has 12 heavy (non-hydrogen) atoms. The van der Waals surface area contributed by atoms with Crippen LogP contribution >= 0.6 is 0 Å². The van der Waals surface area contributed by atoms with Crippen molar-refractivity contribution in [3.05, 3.63) is 0 Å². The van der Waals surface area contributed by atoms with Crippen LogP contribution in [-0.4, -0.2) is 30.9 Å². The zero-order valence-electron chi connectivity index (χ0n) is 7.50. The fourth-order valence-corrected chi connectivity index (χ4v) is 2.03. The van der Waals surface area contributed by atoms with Crippen LogP contribution in [0.1, 0.15) is 25.7 Å². The van der Waals surface area contributed by atoms with Gasteiger partial charge in [-0.05, 0) is 19.0 Å². The second-order valence-corrected chi connectivity index (χ2v) is 6.01. The highest BCUT2D eigenvalue weighted by atomic mass is 28.4. The average Bonchev–Trinajstić information content (AvgIpc) is 2.04. The van der Waals surface area contributed by atoms with Gasteiger partial charge in [0.05, 0.1) is 0 Å². The Morgan fingerprint density at radius 2 is 1.50 bits per heavy atom. The van der Waals surface area contributed by atoms with Crippen LogP contribution in [0.25, 0.3) is 0 Å². The van der Waals surface area contributed by atoms with Gasteiger partial charge in [-0.2, -0.15) is 0 Å². The van der Waals surface area contributed by atoms with Gasteiger partial charge in [-0.3, -0.25) is 0 Å². The Kier molecular flexibility index (Phi) is 6.59. The first-order valence-corrected chi connectivity index (χ1v) is 6.78. The van der Waals surface area contributed by atoms with Crippen molar-refractivity contribution in [2.45, 2.75) is 31.7 Å². The summed E-state index contributed by atoms with van der Waals surface area (Å²) >= 11 is 0. The van der Waals surface area contributed by atoms with Crippen molar-refractivity contribution in [3.63, 3.8) is 0 Å². The van der Waals surface area contributed by atoms with Crippen LogP contribution in [0, 0.1) is 0 Å². The summed E-state index contributed by atoms with van der Waals surface area (Å²) in [6.07, 6.45) is 4.02. The molecule has 0 aromatic rings. The molecule has 0 aliphatic carbocycles. The summed E-state index contributed by atoms with van der Waals surface area (Å²) in [7, 11) is -2.99. The van der Waals surface area contributed by atoms with Crippen LogP contribution in [0.5, 0.6) is 0 Å². The van der Waals surface area contributed by atoms with Crippen molar-refractivity contribution in [3.8, 4) is 0 Å². The number of hydrogen-bond donors (Lipinski definition) is 4. The minimum absolute atomic E-state index is 0.0455. The van der Waals surface area contributed by atoms with Crippen LogP contribution in [-0.2, 0) is 0 Å². The van der Waals surface area contributed by atoms with Crippen LogP contribution in [0.4, 0.5) is 0 Å². The molecule has 0 bridgehead atoms. The SMILES string of the molecule is NCCCCCC[Si](O)(O)CN. The first-order valence-electron chi connectivity index (χ1n) is 4.47. The molecule has 74 valence electrons. The second-order valence-electron chi connectivity index (χ2n) is 3.14. The van der Waals surface area contributed by atoms with E-state index in [1.165, 1.54) is 0 Å². The van der Waals surface area contributed by atoms with Gasteiger partial charge in [-0.25, -0.2) is 0 Å². The molecule has 6 N–H and O–H groups in total. The van der Waals surface area contributed by atoms with Crippen molar-refractivity contribution in [2.75, 3.05) is 12.7 Å². The van der Waals surface area contributed by atoms with Gasteiger partial charge in [0.15, 0.2) is 0 Å². The van der Waals surface area contributed by atoms with E-state index in [0.717, 1.165) is 32.2 Å². The van der Waals surface area contributed by atoms with Crippen LogP contribution in [0.2, 0.25) is 6.04 Å². The van der Waals surface area contributed by atoms with Crippen molar-refractivity contribution in [2.24, 2.45) is 11.5 Å². The van der Waals surface area contributed by atoms with Crippen molar-refractivity contribution < 1.29 is 9.59 Å². The molecule has 0 unspecified atom stereocenters. The maximum absolute atomic E-state index is 9.22. The van der Waals surface area contributed by atoms with Gasteiger partial charge in [0, 0.05) is 6.17 Å². The van der Waals surface area contributed by atoms with E-state index in [2.05, 4.69) is 0 Å². The lowest BCUT2D eigenvalue weighted by Gasteiger charge is -2.14. The Balaban J connectivity index is 3.19. The van der Waals surface area contributed by atoms with Crippen LogP contribution < -0.4 is 11.5 Å². The first-order chi connectivity index (χ1) is 5.62. The highest BCUT2D eigenvalue weighted by Gasteiger charge is 2.25. The quantitative estimate of drug-likeness (QED) is 0.321. The highest BCUT2D eigenvalue weighted by molar-refractivity contribution is 6.64. The number of unbranched alkanes of at least 4 members (excludes halogenated alkanes) is 3. The molecule has 0 saturated carbocycles. The van der Waals surface area contributed by atoms with Gasteiger partial charge < -0.3 is 21.1 Å². The molecule has 0 aliphatic heterocycles. The van der Waals surface area contributed by atoms with Crippen molar-refractivity contribution in [1.82, 2.24) is 0 Å². The summed E-state index contributed by atoms with van der Waals surface area (Å²) in [5.74, 6) is 0. The largest absolute Gasteiger partial charge is 0.410 e. The smallest absolute Gasteiger partial charge is 0.346 e. The predicted octanol–water partition coefficient (Wildman–Crippen LogP) is -0.570. The molecule has 0 aromatic heterocycles. The van der Waals surface area contributed by atoms with Gasteiger partial charge >= 0.3 is 8.56 Å². The molecule has 0 aromatic carbocycles. The number of hydrogen-bond acceptors (Lipinski definition) is 4. The summed E-state index contributed by atoms with van der Waals surface area (Å²) < 4.78 is 0. The summed E-state index contributed by atoms with van der Waals surface area (Å²) in [6.45, 7) is 0.720. The normalized spacial score (nSPS) is 12.0. The second kappa shape index (κ2) is 6.56. The van der Waals surface area contributed by atoms with Crippen molar-refractivity contribution in [1.29, 1.82) is 0 Å². The van der Waals surface area contributed by atoms with Gasteiger partial charge in [0.2, 0.25) is 0 Å². The van der Waals surface area contributed by atoms with Gasteiger partial charge in [0.1, 0.15) is 0 Å². The summed E-state index contributed by atoms with van der Waals surface area (Å²) in [6, 6.07) is 0.494. The maximum atomic E-state index is 9.22. The first kappa shape index (κ1) is 12.1. The van der Waals surface area contributed by atoms with Crippen molar-refractivity contribution >= 4 is 8.56 Å². The summed E-state index contributed by atoms with van der Waals surface area (Å²) in [5.41, 5.74) is 10.5. The van der Waals surface area contributed by atoms with E-state index in [-0.39, 0.29) is 6.17 Å². The summed E-state index contributed by atoms with van der Waals surface area (Å²) in [5, 5.41) is 0. The third-order valence-corrected chi connectivity index (χ3v) is 3.67. The molecule has 0 spiro atoms. The average molecular weight is 192 g/mol. The molecule has 0 saturated heterocycles. The fraction of sp³-hybridized carbons (Fsp3) is 1.00. The maximum Gasteiger partial charge on any atom is 0.346 e. The summed E-state index contributed by atoms with van der Waals surface area (Å²) in [4.78, 5) is 18.4. The lowest BCUT2D eigenvalue weighted by atomic mass is 10.2. The van der Waals surface area contributed by atoms with Gasteiger partial charge in [-0.15, -0.1) is 0 Å². The molecule has 0 aliphatic rings. The standard InChI is InChI=1S/C7H20N2O2Si/c8-5-3-1-2-4-6-12(10,11)7-9/h10-11H,1-9H2. The Labute approximate surface area is 74.8 Å². The fourth-order valence-electron chi connectivity index (χ4n) is 1.01. The lowest BCUT2D eigenvalue weighted by molar-refractivity contribution is 0.356. The molecule has 4 nitrogen and oxygen atoms in total. The Hall–Kier alpha value is 0.0569. The van der Waals surface area contributed by atoms with E-state index >= 15 is 0 Å². The topological polar surface area (TPSA) is 92.5 Å². The van der Waals surface area contributed by atoms with E-state index in [4.69, 9.17) is 11.5 Å². The Morgan fingerprint density at radius 3 is 2.00 bits per heavy atom. The van der Waals surface area contributed by atoms with E-state index in [0.29, 0.717) is 6.04 Å². The molecule has 0 radical (unpaired) electrons. The molecule has 0 fully saturated rings. The van der Waals surface area contributed by atoms with Gasteiger partial charge in [0.25, 0.3) is 0 Å². The number of nitrogens with two attached hydrogens (primary N) is 2. The van der Waals surface area contributed by atoms with Gasteiger partial charge in [-0.1, -0.05) is 19.3 Å². The molecule has 5 heteroatoms. The van der Waals surface area contributed by atoms with E-state index in [1.54, 1.807) is 0 Å². The molecule has 0 rings (SSSR count). The molecular formula is C7H20N2O2Si. The molecule has 0 atom stereocenters. The van der Waals surface area contributed by atoms with E-state index in [9.17, 15) is 9.59 Å². The zero-order chi connectivity index (χ0) is 9.45. The minimum Gasteiger partial charge on any atom is -0.410 e. The predicted molar refractivity (Wildman–Crippen MR) is 51.6 cm³/mol. The lowest BCUT2D eigenvalue weighted by Crippen LogP contribution is -2.43. The van der Waals surface area contributed by atoms with Crippen LogP contribution in [0.15, 0.2) is 0 Å². The van der Waals surface area contributed by atoms with Crippen LogP contribution in [0.3, 0.4) is 0 Å². The zero-order valence-corrected chi connectivity index (χ0v) is 8.50. The Bertz CT molecular complexity index is 112. The molecular weight excluding hydrogens is 172 g/mol. The molecule has 0 amide bonds. The molecule has 0 heterocycles. The third-order valence-electron chi connectivity index (χ3n) is 1.86. The monoisotopic (exact) mass is 192 g/mol. The Morgan fingerprint density at radius 1 is 0.917 bits per heavy atom. The number of rotatable bonds is 7. The van der Waals surface area contributed by atoms with E-state index in [1.807, 2.05) is 0 Å². The van der Waals surface area contributed by atoms with E-state index < -0.39 is 8.56 Å². The minimum atomic E-state index is -2.99.